The third-order valence-electron chi connectivity index (χ3n) is 9.02. The zero-order valence-corrected chi connectivity index (χ0v) is 27.1. The van der Waals surface area contributed by atoms with Crippen molar-refractivity contribution in [3.63, 3.8) is 0 Å². The number of ether oxygens (including phenoxy) is 2. The van der Waals surface area contributed by atoms with E-state index in [0.29, 0.717) is 11.2 Å². The molecule has 4 aromatic carbocycles. The van der Waals surface area contributed by atoms with E-state index in [2.05, 4.69) is 117 Å². The number of thioether (sulfide) groups is 1. The second kappa shape index (κ2) is 13.8. The molecule has 4 aromatic rings. The molecular formula is C41H42O2S. The summed E-state index contributed by atoms with van der Waals surface area (Å²) in [5, 5.41) is 2.88. The van der Waals surface area contributed by atoms with E-state index in [4.69, 9.17) is 9.47 Å². The molecule has 0 bridgehead atoms. The van der Waals surface area contributed by atoms with E-state index in [-0.39, 0.29) is 0 Å². The highest BCUT2D eigenvalue weighted by atomic mass is 32.2. The van der Waals surface area contributed by atoms with Crippen LogP contribution in [-0.4, -0.2) is 19.5 Å². The average Bonchev–Trinajstić information content (AvgIpc) is 3.06. The topological polar surface area (TPSA) is 18.5 Å². The lowest BCUT2D eigenvalue weighted by Gasteiger charge is -2.28. The van der Waals surface area contributed by atoms with Gasteiger partial charge in [0.05, 0.1) is 19.1 Å². The highest BCUT2D eigenvalue weighted by Gasteiger charge is 2.24. The number of hydrogen-bond donors (Lipinski definition) is 0. The first-order valence-corrected chi connectivity index (χ1v) is 16.6. The molecule has 0 spiro atoms. The maximum absolute atomic E-state index is 5.88. The van der Waals surface area contributed by atoms with E-state index in [1.807, 2.05) is 17.8 Å². The maximum Gasteiger partial charge on any atom is 0.132 e. The summed E-state index contributed by atoms with van der Waals surface area (Å²) >= 11 is 1.97. The first kappa shape index (κ1) is 30.1. The van der Waals surface area contributed by atoms with E-state index in [9.17, 15) is 0 Å². The molecule has 224 valence electrons. The van der Waals surface area contributed by atoms with Gasteiger partial charge in [-0.1, -0.05) is 98.0 Å². The van der Waals surface area contributed by atoms with Crippen LogP contribution in [0.25, 0.3) is 22.4 Å². The molecule has 0 amide bonds. The van der Waals surface area contributed by atoms with Crippen molar-refractivity contribution in [2.24, 2.45) is 5.92 Å². The lowest BCUT2D eigenvalue weighted by atomic mass is 9.79. The van der Waals surface area contributed by atoms with Gasteiger partial charge in [0.2, 0.25) is 0 Å². The van der Waals surface area contributed by atoms with Crippen LogP contribution in [0.15, 0.2) is 119 Å². The fourth-order valence-corrected chi connectivity index (χ4v) is 7.92. The number of allylic oxidation sites excluding steroid dienone is 6. The minimum Gasteiger partial charge on any atom is -0.497 e. The molecule has 44 heavy (non-hydrogen) atoms. The summed E-state index contributed by atoms with van der Waals surface area (Å²) in [5.74, 6) is 2.39. The highest BCUT2D eigenvalue weighted by molar-refractivity contribution is 8.00. The molecule has 2 nitrogen and oxygen atoms in total. The van der Waals surface area contributed by atoms with Gasteiger partial charge in [0, 0.05) is 5.25 Å². The van der Waals surface area contributed by atoms with Crippen molar-refractivity contribution >= 4 is 34.2 Å². The lowest BCUT2D eigenvalue weighted by Crippen LogP contribution is -2.13. The van der Waals surface area contributed by atoms with Gasteiger partial charge in [-0.2, -0.15) is 0 Å². The van der Waals surface area contributed by atoms with Crippen molar-refractivity contribution in [1.29, 1.82) is 0 Å². The van der Waals surface area contributed by atoms with E-state index >= 15 is 0 Å². The molecule has 0 saturated heterocycles. The van der Waals surface area contributed by atoms with Gasteiger partial charge in [0.1, 0.15) is 11.5 Å². The molecule has 2 atom stereocenters. The number of methoxy groups -OCH3 is 2. The summed E-state index contributed by atoms with van der Waals surface area (Å²) in [6.45, 7) is 4.62. The SMILES string of the molecule is COc1ccc2ccc(C/C=C\c3ccc(OC)c(S[C@@H]4C=C(C5=CC=C(c6ccccc6)CC5C)CCC4)c3C)cc2c1. The van der Waals surface area contributed by atoms with E-state index in [1.54, 1.807) is 14.2 Å². The third kappa shape index (κ3) is 6.74. The zero-order valence-electron chi connectivity index (χ0n) is 26.3. The predicted octanol–water partition coefficient (Wildman–Crippen LogP) is 11.0. The molecule has 0 radical (unpaired) electrons. The minimum atomic E-state index is 0.438. The summed E-state index contributed by atoms with van der Waals surface area (Å²) in [7, 11) is 3.51. The van der Waals surface area contributed by atoms with Crippen LogP contribution in [0.3, 0.4) is 0 Å². The third-order valence-corrected chi connectivity index (χ3v) is 10.4. The van der Waals surface area contributed by atoms with E-state index in [1.165, 1.54) is 73.9 Å². The van der Waals surface area contributed by atoms with Gasteiger partial charge in [0.15, 0.2) is 0 Å². The Bertz CT molecular complexity index is 1760. The maximum atomic E-state index is 5.88. The monoisotopic (exact) mass is 598 g/mol. The second-order valence-electron chi connectivity index (χ2n) is 12.0. The van der Waals surface area contributed by atoms with Crippen LogP contribution in [-0.2, 0) is 6.42 Å². The van der Waals surface area contributed by atoms with Crippen LogP contribution in [0.5, 0.6) is 11.5 Å². The normalized spacial score (nSPS) is 18.6. The molecule has 1 unspecified atom stereocenters. The van der Waals surface area contributed by atoms with E-state index < -0.39 is 0 Å². The Morgan fingerprint density at radius 1 is 0.864 bits per heavy atom. The molecule has 2 aliphatic carbocycles. The Morgan fingerprint density at radius 2 is 1.70 bits per heavy atom. The molecule has 2 aliphatic rings. The van der Waals surface area contributed by atoms with E-state index in [0.717, 1.165) is 24.3 Å². The number of benzene rings is 4. The molecule has 0 aliphatic heterocycles. The quantitative estimate of drug-likeness (QED) is 0.191. The molecule has 0 fully saturated rings. The first-order chi connectivity index (χ1) is 21.5. The van der Waals surface area contributed by atoms with Crippen molar-refractivity contribution in [3.05, 3.63) is 137 Å². The molecular weight excluding hydrogens is 557 g/mol. The zero-order chi connectivity index (χ0) is 30.5. The van der Waals surface area contributed by atoms with Crippen LogP contribution in [0, 0.1) is 12.8 Å². The molecule has 6 rings (SSSR count). The summed E-state index contributed by atoms with van der Waals surface area (Å²) in [5.41, 5.74) is 9.66. The van der Waals surface area contributed by atoms with Crippen molar-refractivity contribution < 1.29 is 9.47 Å². The van der Waals surface area contributed by atoms with Crippen molar-refractivity contribution in [2.75, 3.05) is 14.2 Å². The second-order valence-corrected chi connectivity index (χ2v) is 13.2. The largest absolute Gasteiger partial charge is 0.497 e. The van der Waals surface area contributed by atoms with Crippen LogP contribution >= 0.6 is 11.8 Å². The molecule has 0 heterocycles. The highest BCUT2D eigenvalue weighted by Crippen LogP contribution is 2.43. The fraction of sp³-hybridized carbons (Fsp3) is 0.268. The minimum absolute atomic E-state index is 0.438. The summed E-state index contributed by atoms with van der Waals surface area (Å²) < 4.78 is 11.3. The summed E-state index contributed by atoms with van der Waals surface area (Å²) in [4.78, 5) is 1.26. The molecule has 0 aromatic heterocycles. The summed E-state index contributed by atoms with van der Waals surface area (Å²) in [6, 6.07) is 28.0. The Kier molecular flexibility index (Phi) is 9.43. The average molecular weight is 599 g/mol. The van der Waals surface area contributed by atoms with Gasteiger partial charge in [-0.15, -0.1) is 11.8 Å². The van der Waals surface area contributed by atoms with Crippen molar-refractivity contribution in [1.82, 2.24) is 0 Å². The van der Waals surface area contributed by atoms with Gasteiger partial charge in [0.25, 0.3) is 0 Å². The molecule has 0 saturated carbocycles. The predicted molar refractivity (Wildman–Crippen MR) is 189 cm³/mol. The Balaban J connectivity index is 1.19. The standard InChI is InChI=1S/C41H42O2S/c1-28-24-34(32-11-6-5-7-12-32)19-22-39(28)35-14-9-15-38(27-35)44-41-29(2)31(20-23-40(41)43-4)13-8-10-30-16-17-33-18-21-37(42-3)26-36(33)25-30/h5-8,11-13,16-23,25-28,38H,9-10,14-15,24H2,1-4H3/b13-8-/t28?,38-/m0/s1. The van der Waals surface area contributed by atoms with Crippen LogP contribution in [0.1, 0.15) is 54.9 Å². The smallest absolute Gasteiger partial charge is 0.132 e. The molecule has 0 N–H and O–H groups in total. The fourth-order valence-electron chi connectivity index (χ4n) is 6.54. The van der Waals surface area contributed by atoms with Gasteiger partial charge in [-0.25, -0.2) is 0 Å². The van der Waals surface area contributed by atoms with Crippen LogP contribution in [0.2, 0.25) is 0 Å². The summed E-state index contributed by atoms with van der Waals surface area (Å²) in [6.07, 6.45) is 17.4. The van der Waals surface area contributed by atoms with Gasteiger partial charge >= 0.3 is 0 Å². The number of rotatable bonds is 9. The van der Waals surface area contributed by atoms with Crippen molar-refractivity contribution in [2.45, 2.75) is 56.1 Å². The first-order valence-electron chi connectivity index (χ1n) is 15.8. The van der Waals surface area contributed by atoms with Gasteiger partial charge < -0.3 is 9.47 Å². The van der Waals surface area contributed by atoms with Crippen LogP contribution < -0.4 is 9.47 Å². The van der Waals surface area contributed by atoms with Gasteiger partial charge in [-0.3, -0.25) is 0 Å². The van der Waals surface area contributed by atoms with Crippen molar-refractivity contribution in [3.8, 4) is 11.5 Å². The Hall–Kier alpha value is -3.95. The lowest BCUT2D eigenvalue weighted by molar-refractivity contribution is 0.404. The number of fused-ring (bicyclic) bond motifs is 1. The molecule has 3 heteroatoms. The Morgan fingerprint density at radius 3 is 2.50 bits per heavy atom. The number of hydrogen-bond acceptors (Lipinski definition) is 3. The van der Waals surface area contributed by atoms with Crippen LogP contribution in [0.4, 0.5) is 0 Å². The Labute approximate surface area is 267 Å². The van der Waals surface area contributed by atoms with Gasteiger partial charge in [-0.05, 0) is 113 Å².